The Hall–Kier alpha value is -0.950. The Balaban J connectivity index is 2.05. The van der Waals surface area contributed by atoms with Crippen LogP contribution in [0.1, 0.15) is 28.5 Å². The molecule has 0 saturated heterocycles. The van der Waals surface area contributed by atoms with E-state index in [0.29, 0.717) is 6.54 Å². The molecule has 1 unspecified atom stereocenters. The van der Waals surface area contributed by atoms with E-state index in [1.54, 1.807) is 13.1 Å². The molecule has 0 aliphatic carbocycles. The van der Waals surface area contributed by atoms with E-state index in [1.807, 2.05) is 18.2 Å². The van der Waals surface area contributed by atoms with Crippen LogP contribution in [0.5, 0.6) is 0 Å². The molecule has 0 bridgehead atoms. The van der Waals surface area contributed by atoms with Crippen molar-refractivity contribution in [1.29, 1.82) is 0 Å². The summed E-state index contributed by atoms with van der Waals surface area (Å²) in [6.07, 6.45) is 1.23. The van der Waals surface area contributed by atoms with Gasteiger partial charge in [0.2, 0.25) is 0 Å². The Kier molecular flexibility index (Phi) is 4.93. The van der Waals surface area contributed by atoms with Crippen molar-refractivity contribution in [2.75, 3.05) is 5.32 Å². The van der Waals surface area contributed by atoms with Gasteiger partial charge in [0, 0.05) is 26.8 Å². The van der Waals surface area contributed by atoms with Crippen molar-refractivity contribution in [2.24, 2.45) is 0 Å². The van der Waals surface area contributed by atoms with Gasteiger partial charge in [0.25, 0.3) is 0 Å². The van der Waals surface area contributed by atoms with Crippen LogP contribution in [0.25, 0.3) is 0 Å². The van der Waals surface area contributed by atoms with Crippen LogP contribution in [-0.2, 0) is 13.2 Å². The Labute approximate surface area is 124 Å². The summed E-state index contributed by atoms with van der Waals surface area (Å²) in [5.74, 6) is 0. The van der Waals surface area contributed by atoms with Crippen molar-refractivity contribution < 1.29 is 10.2 Å². The maximum atomic E-state index is 9.42. The van der Waals surface area contributed by atoms with Gasteiger partial charge >= 0.3 is 0 Å². The average Bonchev–Trinajstić information content (AvgIpc) is 2.86. The quantitative estimate of drug-likeness (QED) is 0.781. The minimum Gasteiger partial charge on any atom is -0.392 e. The second-order valence-corrected chi connectivity index (χ2v) is 6.22. The normalized spacial score (nSPS) is 12.4. The molecule has 4 nitrogen and oxygen atoms in total. The van der Waals surface area contributed by atoms with Gasteiger partial charge in [-0.2, -0.15) is 0 Å². The van der Waals surface area contributed by atoms with Crippen LogP contribution in [0.15, 0.2) is 28.9 Å². The summed E-state index contributed by atoms with van der Waals surface area (Å²) < 4.78 is 0.941. The number of anilines is 1. The van der Waals surface area contributed by atoms with Gasteiger partial charge in [0.1, 0.15) is 11.1 Å². The third-order valence-electron chi connectivity index (χ3n) is 2.62. The fraction of sp³-hybridized carbons (Fsp3) is 0.308. The number of aromatic nitrogens is 1. The molecule has 0 aliphatic rings. The van der Waals surface area contributed by atoms with E-state index in [-0.39, 0.29) is 6.61 Å². The molecule has 0 radical (unpaired) electrons. The predicted molar refractivity (Wildman–Crippen MR) is 80.1 cm³/mol. The van der Waals surface area contributed by atoms with Gasteiger partial charge in [-0.1, -0.05) is 15.9 Å². The molecule has 6 heteroatoms. The Bertz CT molecular complexity index is 557. The van der Waals surface area contributed by atoms with Gasteiger partial charge in [-0.15, -0.1) is 11.3 Å². The molecule has 19 heavy (non-hydrogen) atoms. The molecule has 1 atom stereocenters. The fourth-order valence-electron chi connectivity index (χ4n) is 1.65. The molecule has 0 fully saturated rings. The molecule has 1 aromatic heterocycles. The molecule has 1 heterocycles. The highest BCUT2D eigenvalue weighted by atomic mass is 79.9. The SMILES string of the molecule is CC(O)c1ncc(CNc2ccc(Br)cc2CO)s1. The number of nitrogens with zero attached hydrogens (tertiary/aromatic N) is 1. The number of nitrogens with one attached hydrogen (secondary N) is 1. The monoisotopic (exact) mass is 342 g/mol. The van der Waals surface area contributed by atoms with E-state index >= 15 is 0 Å². The highest BCUT2D eigenvalue weighted by molar-refractivity contribution is 9.10. The number of halogens is 1. The Morgan fingerprint density at radius 1 is 1.47 bits per heavy atom. The van der Waals surface area contributed by atoms with Crippen LogP contribution in [0.3, 0.4) is 0 Å². The zero-order chi connectivity index (χ0) is 13.8. The molecular formula is C13H15BrN2O2S. The summed E-state index contributed by atoms with van der Waals surface area (Å²) in [5.41, 5.74) is 1.74. The highest BCUT2D eigenvalue weighted by Crippen LogP contribution is 2.24. The molecule has 1 aromatic carbocycles. The average molecular weight is 343 g/mol. The summed E-state index contributed by atoms with van der Waals surface area (Å²) in [7, 11) is 0. The second kappa shape index (κ2) is 6.47. The summed E-state index contributed by atoms with van der Waals surface area (Å²) in [6, 6.07) is 5.73. The van der Waals surface area contributed by atoms with Crippen LogP contribution in [0.4, 0.5) is 5.69 Å². The van der Waals surface area contributed by atoms with Crippen molar-refractivity contribution in [3.05, 3.63) is 44.3 Å². The van der Waals surface area contributed by atoms with Gasteiger partial charge in [-0.25, -0.2) is 4.98 Å². The lowest BCUT2D eigenvalue weighted by Crippen LogP contribution is -2.01. The molecular weight excluding hydrogens is 328 g/mol. The number of thiazole rings is 1. The van der Waals surface area contributed by atoms with Crippen LogP contribution in [0.2, 0.25) is 0 Å². The van der Waals surface area contributed by atoms with Crippen LogP contribution in [0, 0.1) is 0 Å². The zero-order valence-corrected chi connectivity index (χ0v) is 12.8. The van der Waals surface area contributed by atoms with E-state index < -0.39 is 6.10 Å². The summed E-state index contributed by atoms with van der Waals surface area (Å²) >= 11 is 4.86. The summed E-state index contributed by atoms with van der Waals surface area (Å²) in [5, 5.41) is 22.7. The third-order valence-corrected chi connectivity index (χ3v) is 4.28. The molecule has 2 rings (SSSR count). The molecule has 3 N–H and O–H groups in total. The van der Waals surface area contributed by atoms with Crippen LogP contribution >= 0.6 is 27.3 Å². The van der Waals surface area contributed by atoms with Crippen LogP contribution in [-0.4, -0.2) is 15.2 Å². The van der Waals surface area contributed by atoms with Gasteiger partial charge in [0.15, 0.2) is 0 Å². The number of aliphatic hydroxyl groups excluding tert-OH is 2. The molecule has 0 spiro atoms. The number of benzene rings is 1. The minimum atomic E-state index is -0.528. The first-order valence-corrected chi connectivity index (χ1v) is 7.47. The van der Waals surface area contributed by atoms with Crippen molar-refractivity contribution in [3.63, 3.8) is 0 Å². The van der Waals surface area contributed by atoms with Gasteiger partial charge in [-0.3, -0.25) is 0 Å². The lowest BCUT2D eigenvalue weighted by molar-refractivity contribution is 0.199. The van der Waals surface area contributed by atoms with Crippen molar-refractivity contribution in [2.45, 2.75) is 26.2 Å². The second-order valence-electron chi connectivity index (χ2n) is 4.15. The van der Waals surface area contributed by atoms with Gasteiger partial charge < -0.3 is 15.5 Å². The lowest BCUT2D eigenvalue weighted by atomic mass is 10.2. The van der Waals surface area contributed by atoms with E-state index in [9.17, 15) is 10.2 Å². The first-order valence-electron chi connectivity index (χ1n) is 5.86. The van der Waals surface area contributed by atoms with E-state index in [1.165, 1.54) is 11.3 Å². The summed E-state index contributed by atoms with van der Waals surface area (Å²) in [6.45, 7) is 2.32. The standard InChI is InChI=1S/C13H15BrN2O2S/c1-8(18)13-16-6-11(19-13)5-15-12-3-2-10(14)4-9(12)7-17/h2-4,6,8,15,17-18H,5,7H2,1H3. The molecule has 2 aromatic rings. The highest BCUT2D eigenvalue weighted by Gasteiger charge is 2.08. The first-order chi connectivity index (χ1) is 9.10. The van der Waals surface area contributed by atoms with E-state index in [4.69, 9.17) is 0 Å². The predicted octanol–water partition coefficient (Wildman–Crippen LogP) is 3.06. The third kappa shape index (κ3) is 3.76. The molecule has 102 valence electrons. The Morgan fingerprint density at radius 3 is 2.89 bits per heavy atom. The van der Waals surface area contributed by atoms with Crippen molar-refractivity contribution >= 4 is 33.0 Å². The number of hydrogen-bond donors (Lipinski definition) is 3. The van der Waals surface area contributed by atoms with E-state index in [0.717, 1.165) is 25.6 Å². The number of rotatable bonds is 5. The summed E-state index contributed by atoms with van der Waals surface area (Å²) in [4.78, 5) is 5.20. The topological polar surface area (TPSA) is 65.4 Å². The largest absolute Gasteiger partial charge is 0.392 e. The lowest BCUT2D eigenvalue weighted by Gasteiger charge is -2.10. The zero-order valence-electron chi connectivity index (χ0n) is 10.4. The first kappa shape index (κ1) is 14.5. The van der Waals surface area contributed by atoms with Gasteiger partial charge in [-0.05, 0) is 25.1 Å². The minimum absolute atomic E-state index is 0.0105. The number of aliphatic hydroxyl groups is 2. The van der Waals surface area contributed by atoms with Crippen LogP contribution < -0.4 is 5.32 Å². The molecule has 0 aliphatic heterocycles. The molecule has 0 amide bonds. The van der Waals surface area contributed by atoms with E-state index in [2.05, 4.69) is 26.2 Å². The van der Waals surface area contributed by atoms with Crippen molar-refractivity contribution in [3.8, 4) is 0 Å². The maximum Gasteiger partial charge on any atom is 0.121 e. The fourth-order valence-corrected chi connectivity index (χ4v) is 2.85. The van der Waals surface area contributed by atoms with Crippen molar-refractivity contribution in [1.82, 2.24) is 4.98 Å². The number of hydrogen-bond acceptors (Lipinski definition) is 5. The smallest absolute Gasteiger partial charge is 0.121 e. The molecule has 0 saturated carbocycles. The maximum absolute atomic E-state index is 9.42. The van der Waals surface area contributed by atoms with Gasteiger partial charge in [0.05, 0.1) is 13.2 Å². The Morgan fingerprint density at radius 2 is 2.26 bits per heavy atom.